The lowest BCUT2D eigenvalue weighted by molar-refractivity contribution is 0.411. The number of hydrogen-bond acceptors (Lipinski definition) is 3. The van der Waals surface area contributed by atoms with Gasteiger partial charge in [0.1, 0.15) is 11.5 Å². The molecular weight excluding hydrogens is 374 g/mol. The van der Waals surface area contributed by atoms with Gasteiger partial charge in [0, 0.05) is 21.1 Å². The summed E-state index contributed by atoms with van der Waals surface area (Å²) in [5.41, 5.74) is 1.73. The van der Waals surface area contributed by atoms with Gasteiger partial charge in [0.25, 0.3) is 0 Å². The second kappa shape index (κ2) is 6.30. The minimum absolute atomic E-state index is 0.247. The van der Waals surface area contributed by atoms with Gasteiger partial charge < -0.3 is 15.2 Å². The highest BCUT2D eigenvalue weighted by Gasteiger charge is 2.07. The lowest BCUT2D eigenvalue weighted by Crippen LogP contribution is -2.01. The van der Waals surface area contributed by atoms with E-state index in [0.29, 0.717) is 6.54 Å². The maximum Gasteiger partial charge on any atom is 0.120 e. The Morgan fingerprint density at radius 2 is 1.84 bits per heavy atom. The summed E-state index contributed by atoms with van der Waals surface area (Å²) >= 11 is 6.98. The fourth-order valence-corrected chi connectivity index (χ4v) is 2.96. The van der Waals surface area contributed by atoms with Crippen LogP contribution in [0, 0.1) is 0 Å². The molecule has 0 atom stereocenters. The van der Waals surface area contributed by atoms with Crippen molar-refractivity contribution >= 4 is 37.5 Å². The van der Waals surface area contributed by atoms with E-state index in [2.05, 4.69) is 37.2 Å². The van der Waals surface area contributed by atoms with Gasteiger partial charge >= 0.3 is 0 Å². The minimum atomic E-state index is 0.247. The molecule has 5 heteroatoms. The highest BCUT2D eigenvalue weighted by Crippen LogP contribution is 2.32. The summed E-state index contributed by atoms with van der Waals surface area (Å²) in [7, 11) is 1.61. The molecule has 3 nitrogen and oxygen atoms in total. The van der Waals surface area contributed by atoms with Crippen LogP contribution in [-0.4, -0.2) is 12.2 Å². The fraction of sp³-hybridized carbons (Fsp3) is 0.143. The Balaban J connectivity index is 2.19. The molecule has 0 heterocycles. The van der Waals surface area contributed by atoms with Gasteiger partial charge in [-0.1, -0.05) is 6.07 Å². The summed E-state index contributed by atoms with van der Waals surface area (Å²) in [6.45, 7) is 0.504. The van der Waals surface area contributed by atoms with Crippen LogP contribution in [0.15, 0.2) is 45.3 Å². The zero-order chi connectivity index (χ0) is 13.8. The monoisotopic (exact) mass is 385 g/mol. The third kappa shape index (κ3) is 3.42. The normalized spacial score (nSPS) is 10.3. The molecule has 19 heavy (non-hydrogen) atoms. The van der Waals surface area contributed by atoms with E-state index in [0.717, 1.165) is 25.9 Å². The fourth-order valence-electron chi connectivity index (χ4n) is 1.68. The molecule has 0 fully saturated rings. The quantitative estimate of drug-likeness (QED) is 0.810. The second-order valence-electron chi connectivity index (χ2n) is 3.94. The SMILES string of the molecule is COc1ccc(O)c(CNc2c(Br)cccc2Br)c1. The lowest BCUT2D eigenvalue weighted by atomic mass is 10.2. The molecular formula is C14H13Br2NO2. The topological polar surface area (TPSA) is 41.5 Å². The van der Waals surface area contributed by atoms with Gasteiger partial charge in [-0.2, -0.15) is 0 Å². The molecule has 0 aliphatic carbocycles. The number of ether oxygens (including phenoxy) is 1. The van der Waals surface area contributed by atoms with Gasteiger partial charge in [0.05, 0.1) is 12.8 Å². The number of anilines is 1. The molecule has 0 saturated carbocycles. The number of nitrogens with one attached hydrogen (secondary N) is 1. The molecule has 0 aliphatic heterocycles. The van der Waals surface area contributed by atoms with Crippen LogP contribution in [0.1, 0.15) is 5.56 Å². The highest BCUT2D eigenvalue weighted by molar-refractivity contribution is 9.11. The van der Waals surface area contributed by atoms with Crippen molar-refractivity contribution in [2.75, 3.05) is 12.4 Å². The van der Waals surface area contributed by atoms with E-state index in [9.17, 15) is 5.11 Å². The van der Waals surface area contributed by atoms with Crippen LogP contribution in [0.5, 0.6) is 11.5 Å². The number of rotatable bonds is 4. The van der Waals surface area contributed by atoms with Crippen LogP contribution in [0.2, 0.25) is 0 Å². The summed E-state index contributed by atoms with van der Waals surface area (Å²) < 4.78 is 7.08. The van der Waals surface area contributed by atoms with Crippen LogP contribution in [0.3, 0.4) is 0 Å². The second-order valence-corrected chi connectivity index (χ2v) is 5.65. The van der Waals surface area contributed by atoms with Crippen molar-refractivity contribution in [3.05, 3.63) is 50.9 Å². The third-order valence-corrected chi connectivity index (χ3v) is 4.03. The van der Waals surface area contributed by atoms with Crippen LogP contribution in [0.4, 0.5) is 5.69 Å². The molecule has 0 bridgehead atoms. The Kier molecular flexibility index (Phi) is 4.71. The Morgan fingerprint density at radius 3 is 2.47 bits per heavy atom. The smallest absolute Gasteiger partial charge is 0.120 e. The molecule has 0 aromatic heterocycles. The Hall–Kier alpha value is -1.20. The Morgan fingerprint density at radius 1 is 1.16 bits per heavy atom. The third-order valence-electron chi connectivity index (χ3n) is 2.71. The van der Waals surface area contributed by atoms with E-state index in [-0.39, 0.29) is 5.75 Å². The van der Waals surface area contributed by atoms with Gasteiger partial charge in [0.15, 0.2) is 0 Å². The molecule has 2 aromatic carbocycles. The molecule has 2 aromatic rings. The summed E-state index contributed by atoms with van der Waals surface area (Å²) in [6.07, 6.45) is 0. The number of para-hydroxylation sites is 1. The number of aromatic hydroxyl groups is 1. The number of benzene rings is 2. The van der Waals surface area contributed by atoms with Crippen molar-refractivity contribution < 1.29 is 9.84 Å². The van der Waals surface area contributed by atoms with Crippen molar-refractivity contribution in [3.8, 4) is 11.5 Å². The maximum absolute atomic E-state index is 9.83. The van der Waals surface area contributed by atoms with Gasteiger partial charge in [-0.3, -0.25) is 0 Å². The van der Waals surface area contributed by atoms with E-state index >= 15 is 0 Å². The average molecular weight is 387 g/mol. The standard InChI is InChI=1S/C14H13Br2NO2/c1-19-10-5-6-13(18)9(7-10)8-17-14-11(15)3-2-4-12(14)16/h2-7,17-18H,8H2,1H3. The molecule has 0 spiro atoms. The van der Waals surface area contributed by atoms with E-state index in [1.807, 2.05) is 24.3 Å². The summed E-state index contributed by atoms with van der Waals surface area (Å²) in [4.78, 5) is 0. The van der Waals surface area contributed by atoms with E-state index in [1.54, 1.807) is 19.2 Å². The van der Waals surface area contributed by atoms with Gasteiger partial charge in [-0.05, 0) is 62.2 Å². The zero-order valence-corrected chi connectivity index (χ0v) is 13.5. The minimum Gasteiger partial charge on any atom is -0.508 e. The molecule has 2 rings (SSSR count). The van der Waals surface area contributed by atoms with Crippen molar-refractivity contribution in [2.24, 2.45) is 0 Å². The Labute approximate surface area is 128 Å². The molecule has 0 aliphatic rings. The average Bonchev–Trinajstić information content (AvgIpc) is 2.40. The number of methoxy groups -OCH3 is 1. The van der Waals surface area contributed by atoms with Gasteiger partial charge in [0.2, 0.25) is 0 Å². The molecule has 0 saturated heterocycles. The van der Waals surface area contributed by atoms with Crippen molar-refractivity contribution in [1.82, 2.24) is 0 Å². The Bertz CT molecular complexity index is 567. The summed E-state index contributed by atoms with van der Waals surface area (Å²) in [5, 5.41) is 13.1. The predicted molar refractivity (Wildman–Crippen MR) is 83.8 cm³/mol. The van der Waals surface area contributed by atoms with Crippen LogP contribution < -0.4 is 10.1 Å². The van der Waals surface area contributed by atoms with E-state index in [1.165, 1.54) is 0 Å². The predicted octanol–water partition coefficient (Wildman–Crippen LogP) is 4.54. The van der Waals surface area contributed by atoms with Gasteiger partial charge in [-0.25, -0.2) is 0 Å². The first kappa shape index (κ1) is 14.2. The van der Waals surface area contributed by atoms with E-state index in [4.69, 9.17) is 4.74 Å². The van der Waals surface area contributed by atoms with Crippen LogP contribution >= 0.6 is 31.9 Å². The number of phenolic OH excluding ortho intramolecular Hbond substituents is 1. The number of hydrogen-bond donors (Lipinski definition) is 2. The highest BCUT2D eigenvalue weighted by atomic mass is 79.9. The van der Waals surface area contributed by atoms with Gasteiger partial charge in [-0.15, -0.1) is 0 Å². The molecule has 2 N–H and O–H groups in total. The van der Waals surface area contributed by atoms with Crippen molar-refractivity contribution in [3.63, 3.8) is 0 Å². The lowest BCUT2D eigenvalue weighted by Gasteiger charge is -2.12. The molecule has 0 radical (unpaired) electrons. The zero-order valence-electron chi connectivity index (χ0n) is 10.3. The molecule has 0 unspecified atom stereocenters. The first-order chi connectivity index (χ1) is 9.11. The number of phenols is 1. The van der Waals surface area contributed by atoms with E-state index < -0.39 is 0 Å². The maximum atomic E-state index is 9.83. The summed E-state index contributed by atoms with van der Waals surface area (Å²) in [6, 6.07) is 11.0. The van der Waals surface area contributed by atoms with Crippen LogP contribution in [0.25, 0.3) is 0 Å². The molecule has 0 amide bonds. The van der Waals surface area contributed by atoms with Crippen molar-refractivity contribution in [2.45, 2.75) is 6.54 Å². The largest absolute Gasteiger partial charge is 0.508 e. The number of halogens is 2. The first-order valence-corrected chi connectivity index (χ1v) is 7.24. The van der Waals surface area contributed by atoms with Crippen LogP contribution in [-0.2, 0) is 6.54 Å². The molecule has 100 valence electrons. The summed E-state index contributed by atoms with van der Waals surface area (Å²) in [5.74, 6) is 0.970. The van der Waals surface area contributed by atoms with Crippen molar-refractivity contribution in [1.29, 1.82) is 0 Å². The first-order valence-electron chi connectivity index (χ1n) is 5.65.